The first-order valence-electron chi connectivity index (χ1n) is 8.01. The molecule has 1 aromatic carbocycles. The van der Waals surface area contributed by atoms with Crippen molar-refractivity contribution < 1.29 is 14.3 Å². The molecule has 0 spiro atoms. The first-order chi connectivity index (χ1) is 12.1. The summed E-state index contributed by atoms with van der Waals surface area (Å²) in [6.45, 7) is 1.09. The van der Waals surface area contributed by atoms with Gasteiger partial charge >= 0.3 is 0 Å². The maximum Gasteiger partial charge on any atom is 0.251 e. The van der Waals surface area contributed by atoms with Gasteiger partial charge in [0.1, 0.15) is 6.10 Å². The summed E-state index contributed by atoms with van der Waals surface area (Å²) in [5.41, 5.74) is 0.541. The van der Waals surface area contributed by atoms with E-state index in [0.29, 0.717) is 24.5 Å². The van der Waals surface area contributed by atoms with E-state index in [-0.39, 0.29) is 24.5 Å². The molecule has 7 heteroatoms. The van der Waals surface area contributed by atoms with Crippen molar-refractivity contribution in [3.05, 3.63) is 58.7 Å². The second-order valence-corrected chi connectivity index (χ2v) is 6.65. The topological polar surface area (TPSA) is 71.5 Å². The van der Waals surface area contributed by atoms with Gasteiger partial charge in [-0.3, -0.25) is 9.59 Å². The van der Waals surface area contributed by atoms with Crippen LogP contribution < -0.4 is 10.1 Å². The Morgan fingerprint density at radius 2 is 2.04 bits per heavy atom. The molecule has 0 bridgehead atoms. The summed E-state index contributed by atoms with van der Waals surface area (Å²) in [5, 5.41) is 2.66. The van der Waals surface area contributed by atoms with Crippen LogP contribution in [0.2, 0.25) is 0 Å². The van der Waals surface area contributed by atoms with Crippen LogP contribution in [0.15, 0.2) is 53.1 Å². The number of rotatable bonds is 5. The lowest BCUT2D eigenvalue weighted by Gasteiger charge is -2.17. The Labute approximate surface area is 154 Å². The van der Waals surface area contributed by atoms with Crippen molar-refractivity contribution in [1.29, 1.82) is 0 Å². The van der Waals surface area contributed by atoms with Crippen molar-refractivity contribution in [3.63, 3.8) is 0 Å². The van der Waals surface area contributed by atoms with Crippen molar-refractivity contribution in [2.24, 2.45) is 0 Å². The smallest absolute Gasteiger partial charge is 0.251 e. The zero-order valence-electron chi connectivity index (χ0n) is 13.5. The lowest BCUT2D eigenvalue weighted by Crippen LogP contribution is -2.39. The number of benzene rings is 1. The SMILES string of the molecule is O=C(NCC(=O)N1CCC(Oc2ccc(Br)cn2)C1)c1ccccc1. The van der Waals surface area contributed by atoms with E-state index in [0.717, 1.165) is 10.9 Å². The molecule has 1 aliphatic rings. The van der Waals surface area contributed by atoms with E-state index >= 15 is 0 Å². The Balaban J connectivity index is 1.46. The molecule has 1 aliphatic heterocycles. The molecule has 1 fully saturated rings. The van der Waals surface area contributed by atoms with Gasteiger partial charge in [-0.15, -0.1) is 0 Å². The number of carbonyl (C=O) groups is 2. The van der Waals surface area contributed by atoms with Gasteiger partial charge in [-0.1, -0.05) is 18.2 Å². The molecule has 6 nitrogen and oxygen atoms in total. The zero-order chi connectivity index (χ0) is 17.6. The summed E-state index contributed by atoms with van der Waals surface area (Å²) in [6.07, 6.45) is 2.34. The number of pyridine rings is 1. The molecule has 1 atom stereocenters. The molecule has 0 aliphatic carbocycles. The molecule has 0 radical (unpaired) electrons. The van der Waals surface area contributed by atoms with E-state index < -0.39 is 0 Å². The van der Waals surface area contributed by atoms with Crippen LogP contribution >= 0.6 is 15.9 Å². The fourth-order valence-corrected chi connectivity index (χ4v) is 2.85. The summed E-state index contributed by atoms with van der Waals surface area (Å²) in [5.74, 6) is 0.180. The van der Waals surface area contributed by atoms with E-state index in [9.17, 15) is 9.59 Å². The normalized spacial score (nSPS) is 16.5. The van der Waals surface area contributed by atoms with Gasteiger partial charge in [0, 0.05) is 35.3 Å². The largest absolute Gasteiger partial charge is 0.472 e. The highest BCUT2D eigenvalue weighted by Gasteiger charge is 2.27. The second-order valence-electron chi connectivity index (χ2n) is 5.73. The Hall–Kier alpha value is -2.41. The number of halogens is 1. The number of nitrogens with one attached hydrogen (secondary N) is 1. The van der Waals surface area contributed by atoms with Crippen LogP contribution in [0.25, 0.3) is 0 Å². The van der Waals surface area contributed by atoms with Crippen LogP contribution in [0.1, 0.15) is 16.8 Å². The minimum Gasteiger partial charge on any atom is -0.472 e. The van der Waals surface area contributed by atoms with Crippen molar-refractivity contribution in [1.82, 2.24) is 15.2 Å². The maximum atomic E-state index is 12.3. The van der Waals surface area contributed by atoms with Crippen LogP contribution in [0.4, 0.5) is 0 Å². The maximum absolute atomic E-state index is 12.3. The van der Waals surface area contributed by atoms with Gasteiger partial charge in [0.05, 0.1) is 13.1 Å². The number of hydrogen-bond acceptors (Lipinski definition) is 4. The van der Waals surface area contributed by atoms with Gasteiger partial charge < -0.3 is 15.0 Å². The molecule has 1 N–H and O–H groups in total. The van der Waals surface area contributed by atoms with Gasteiger partial charge in [-0.2, -0.15) is 0 Å². The zero-order valence-corrected chi connectivity index (χ0v) is 15.1. The summed E-state index contributed by atoms with van der Waals surface area (Å²) in [4.78, 5) is 30.1. The second kappa shape index (κ2) is 8.11. The molecule has 2 heterocycles. The monoisotopic (exact) mass is 403 g/mol. The van der Waals surface area contributed by atoms with E-state index in [1.54, 1.807) is 41.4 Å². The molecule has 3 rings (SSSR count). The summed E-state index contributed by atoms with van der Waals surface area (Å²) < 4.78 is 6.68. The molecule has 1 saturated heterocycles. The number of carbonyl (C=O) groups excluding carboxylic acids is 2. The van der Waals surface area contributed by atoms with Crippen molar-refractivity contribution in [3.8, 4) is 5.88 Å². The highest BCUT2D eigenvalue weighted by Crippen LogP contribution is 2.18. The van der Waals surface area contributed by atoms with Crippen LogP contribution in [0, 0.1) is 0 Å². The number of aromatic nitrogens is 1. The fourth-order valence-electron chi connectivity index (χ4n) is 2.61. The summed E-state index contributed by atoms with van der Waals surface area (Å²) in [6, 6.07) is 12.5. The van der Waals surface area contributed by atoms with Crippen LogP contribution in [-0.2, 0) is 4.79 Å². The predicted molar refractivity (Wildman–Crippen MR) is 96.3 cm³/mol. The number of amides is 2. The average molecular weight is 404 g/mol. The Morgan fingerprint density at radius 1 is 1.24 bits per heavy atom. The molecule has 0 saturated carbocycles. The van der Waals surface area contributed by atoms with Gasteiger partial charge in [-0.05, 0) is 34.1 Å². The van der Waals surface area contributed by atoms with Gasteiger partial charge in [0.25, 0.3) is 5.91 Å². The Bertz CT molecular complexity index is 737. The van der Waals surface area contributed by atoms with Gasteiger partial charge in [0.2, 0.25) is 11.8 Å². The first kappa shape index (κ1) is 17.4. The molecule has 2 aromatic rings. The van der Waals surface area contributed by atoms with Crippen LogP contribution in [-0.4, -0.2) is 47.4 Å². The Kier molecular flexibility index (Phi) is 5.65. The third-order valence-electron chi connectivity index (χ3n) is 3.92. The van der Waals surface area contributed by atoms with E-state index in [4.69, 9.17) is 4.74 Å². The van der Waals surface area contributed by atoms with Crippen LogP contribution in [0.3, 0.4) is 0 Å². The summed E-state index contributed by atoms with van der Waals surface area (Å²) in [7, 11) is 0. The molecular weight excluding hydrogens is 386 g/mol. The van der Waals surface area contributed by atoms with Crippen molar-refractivity contribution >= 4 is 27.7 Å². The van der Waals surface area contributed by atoms with Crippen molar-refractivity contribution in [2.45, 2.75) is 12.5 Å². The number of ether oxygens (including phenoxy) is 1. The van der Waals surface area contributed by atoms with E-state index in [1.165, 1.54) is 0 Å². The van der Waals surface area contributed by atoms with E-state index in [2.05, 4.69) is 26.2 Å². The standard InChI is InChI=1S/C18H18BrN3O3/c19-14-6-7-16(20-10-14)25-15-8-9-22(12-15)17(23)11-21-18(24)13-4-2-1-3-5-13/h1-7,10,15H,8-9,11-12H2,(H,21,24). The molecular formula is C18H18BrN3O3. The number of likely N-dealkylation sites (tertiary alicyclic amines) is 1. The first-order valence-corrected chi connectivity index (χ1v) is 8.80. The minimum absolute atomic E-state index is 0.0169. The fraction of sp³-hybridized carbons (Fsp3) is 0.278. The summed E-state index contributed by atoms with van der Waals surface area (Å²) >= 11 is 3.33. The van der Waals surface area contributed by atoms with Crippen LogP contribution in [0.5, 0.6) is 5.88 Å². The van der Waals surface area contributed by atoms with E-state index in [1.807, 2.05) is 12.1 Å². The predicted octanol–water partition coefficient (Wildman–Crippen LogP) is 2.25. The lowest BCUT2D eigenvalue weighted by atomic mass is 10.2. The minimum atomic E-state index is -0.250. The average Bonchev–Trinajstić information content (AvgIpc) is 3.10. The molecule has 1 aromatic heterocycles. The quantitative estimate of drug-likeness (QED) is 0.830. The highest BCUT2D eigenvalue weighted by molar-refractivity contribution is 9.10. The Morgan fingerprint density at radius 3 is 2.76 bits per heavy atom. The van der Waals surface area contributed by atoms with Gasteiger partial charge in [0.15, 0.2) is 0 Å². The lowest BCUT2D eigenvalue weighted by molar-refractivity contribution is -0.129. The number of nitrogens with zero attached hydrogens (tertiary/aromatic N) is 2. The number of hydrogen-bond donors (Lipinski definition) is 1. The molecule has 25 heavy (non-hydrogen) atoms. The molecule has 2 amide bonds. The van der Waals surface area contributed by atoms with Gasteiger partial charge in [-0.25, -0.2) is 4.98 Å². The molecule has 1 unspecified atom stereocenters. The highest BCUT2D eigenvalue weighted by atomic mass is 79.9. The third kappa shape index (κ3) is 4.79. The van der Waals surface area contributed by atoms with Crippen molar-refractivity contribution in [2.75, 3.05) is 19.6 Å². The third-order valence-corrected chi connectivity index (χ3v) is 4.39. The molecule has 130 valence electrons.